The molecule has 1 atom stereocenters. The van der Waals surface area contributed by atoms with Crippen LogP contribution in [0.15, 0.2) is 43.0 Å². The molecule has 0 saturated heterocycles. The van der Waals surface area contributed by atoms with E-state index < -0.39 is 29.6 Å². The minimum atomic E-state index is -1.03. The van der Waals surface area contributed by atoms with E-state index in [1.807, 2.05) is 30.3 Å². The lowest BCUT2D eigenvalue weighted by atomic mass is 9.99. The van der Waals surface area contributed by atoms with Gasteiger partial charge in [0.15, 0.2) is 0 Å². The van der Waals surface area contributed by atoms with Gasteiger partial charge in [0.25, 0.3) is 0 Å². The first-order valence-corrected chi connectivity index (χ1v) is 9.13. The predicted octanol–water partition coefficient (Wildman–Crippen LogP) is 3.29. The van der Waals surface area contributed by atoms with Crippen molar-refractivity contribution in [2.45, 2.75) is 39.2 Å². The van der Waals surface area contributed by atoms with Crippen LogP contribution in [-0.4, -0.2) is 53.3 Å². The molecule has 1 aromatic rings. The van der Waals surface area contributed by atoms with E-state index in [0.717, 1.165) is 5.56 Å². The smallest absolute Gasteiger partial charge is 0.410 e. The third-order valence-corrected chi connectivity index (χ3v) is 3.70. The number of benzene rings is 1. The predicted molar refractivity (Wildman–Crippen MR) is 105 cm³/mol. The van der Waals surface area contributed by atoms with Gasteiger partial charge in [0.05, 0.1) is 12.3 Å². The maximum absolute atomic E-state index is 12.3. The molecule has 28 heavy (non-hydrogen) atoms. The highest BCUT2D eigenvalue weighted by Crippen LogP contribution is 2.14. The summed E-state index contributed by atoms with van der Waals surface area (Å²) in [4.78, 5) is 37.2. The van der Waals surface area contributed by atoms with E-state index >= 15 is 0 Å². The van der Waals surface area contributed by atoms with Crippen LogP contribution in [0, 0.1) is 5.92 Å². The van der Waals surface area contributed by atoms with Crippen molar-refractivity contribution in [2.75, 3.05) is 19.7 Å². The number of carboxylic acids is 1. The highest BCUT2D eigenvalue weighted by Gasteiger charge is 2.26. The summed E-state index contributed by atoms with van der Waals surface area (Å²) in [6.07, 6.45) is 0.928. The van der Waals surface area contributed by atoms with Gasteiger partial charge in [-0.1, -0.05) is 43.0 Å². The van der Waals surface area contributed by atoms with Gasteiger partial charge in [-0.2, -0.15) is 0 Å². The number of hydrogen-bond donors (Lipinski definition) is 1. The number of nitrogens with zero attached hydrogens (tertiary/aromatic N) is 1. The first kappa shape index (κ1) is 23.2. The van der Waals surface area contributed by atoms with E-state index in [0.29, 0.717) is 0 Å². The molecule has 0 spiro atoms. The largest absolute Gasteiger partial charge is 0.481 e. The van der Waals surface area contributed by atoms with Gasteiger partial charge in [0, 0.05) is 13.1 Å². The second-order valence-electron chi connectivity index (χ2n) is 7.37. The van der Waals surface area contributed by atoms with Gasteiger partial charge in [-0.25, -0.2) is 4.79 Å². The minimum Gasteiger partial charge on any atom is -0.481 e. The summed E-state index contributed by atoms with van der Waals surface area (Å²) in [6.45, 7) is 8.66. The molecule has 7 nitrogen and oxygen atoms in total. The molecule has 1 aromatic carbocycles. The van der Waals surface area contributed by atoms with E-state index in [9.17, 15) is 19.5 Å². The van der Waals surface area contributed by atoms with Gasteiger partial charge >= 0.3 is 18.0 Å². The van der Waals surface area contributed by atoms with Gasteiger partial charge in [0.1, 0.15) is 12.2 Å². The van der Waals surface area contributed by atoms with Gasteiger partial charge in [0.2, 0.25) is 0 Å². The fraction of sp³-hybridized carbons (Fsp3) is 0.476. The lowest BCUT2D eigenvalue weighted by Gasteiger charge is -2.26. The lowest BCUT2D eigenvalue weighted by Crippen LogP contribution is -2.40. The fourth-order valence-corrected chi connectivity index (χ4v) is 2.49. The topological polar surface area (TPSA) is 93.1 Å². The Morgan fingerprint density at radius 3 is 2.39 bits per heavy atom. The van der Waals surface area contributed by atoms with Crippen LogP contribution >= 0.6 is 0 Å². The highest BCUT2D eigenvalue weighted by molar-refractivity contribution is 5.74. The van der Waals surface area contributed by atoms with E-state index in [-0.39, 0.29) is 32.5 Å². The quantitative estimate of drug-likeness (QED) is 0.486. The van der Waals surface area contributed by atoms with Gasteiger partial charge < -0.3 is 19.5 Å². The Morgan fingerprint density at radius 1 is 1.21 bits per heavy atom. The minimum absolute atomic E-state index is 0.00179. The molecule has 0 aliphatic carbocycles. The number of rotatable bonds is 10. The molecule has 7 heteroatoms. The summed E-state index contributed by atoms with van der Waals surface area (Å²) >= 11 is 0. The van der Waals surface area contributed by atoms with Crippen LogP contribution in [0.1, 0.15) is 32.8 Å². The number of esters is 1. The molecule has 0 aliphatic rings. The molecule has 1 unspecified atom stereocenters. The van der Waals surface area contributed by atoms with Crippen molar-refractivity contribution in [2.24, 2.45) is 5.92 Å². The molecule has 1 amide bonds. The number of carboxylic acid groups (broad SMARTS) is 1. The van der Waals surface area contributed by atoms with Crippen LogP contribution in [0.25, 0.3) is 0 Å². The number of aliphatic carboxylic acids is 1. The van der Waals surface area contributed by atoms with Crippen LogP contribution in [0.4, 0.5) is 4.79 Å². The Kier molecular flexibility index (Phi) is 9.21. The van der Waals surface area contributed by atoms with Crippen molar-refractivity contribution in [1.29, 1.82) is 0 Å². The zero-order chi connectivity index (χ0) is 21.2. The summed E-state index contributed by atoms with van der Waals surface area (Å²) in [7, 11) is 0. The molecule has 0 fully saturated rings. The average molecular weight is 391 g/mol. The molecule has 154 valence electrons. The van der Waals surface area contributed by atoms with Crippen LogP contribution in [0.2, 0.25) is 0 Å². The molecular weight excluding hydrogens is 362 g/mol. The number of ether oxygens (including phenoxy) is 2. The normalized spacial score (nSPS) is 12.0. The van der Waals surface area contributed by atoms with Crippen molar-refractivity contribution in [3.63, 3.8) is 0 Å². The molecule has 0 heterocycles. The summed E-state index contributed by atoms with van der Waals surface area (Å²) in [5, 5.41) is 9.58. The first-order valence-electron chi connectivity index (χ1n) is 9.13. The standard InChI is InChI=1S/C21H29NO6/c1-5-13-27-20(26)22(12-11-18(23)28-21(2,3)4)15-17(19(24)25)14-16-9-7-6-8-10-16/h5-10,17H,1,11-15H2,2-4H3,(H,24,25). The van der Waals surface area contributed by atoms with Gasteiger partial charge in [-0.15, -0.1) is 0 Å². The van der Waals surface area contributed by atoms with Crippen LogP contribution < -0.4 is 0 Å². The first-order chi connectivity index (χ1) is 13.1. The highest BCUT2D eigenvalue weighted by atomic mass is 16.6. The second kappa shape index (κ2) is 11.1. The Bertz CT molecular complexity index is 665. The SMILES string of the molecule is C=CCOC(=O)N(CCC(=O)OC(C)(C)C)CC(Cc1ccccc1)C(=O)O. The number of carbonyl (C=O) groups is 3. The molecule has 0 aliphatic heterocycles. The van der Waals surface area contributed by atoms with Crippen LogP contribution in [0.5, 0.6) is 0 Å². The Labute approximate surface area is 165 Å². The Morgan fingerprint density at radius 2 is 1.86 bits per heavy atom. The molecule has 0 bridgehead atoms. The van der Waals surface area contributed by atoms with Gasteiger partial charge in [-0.3, -0.25) is 9.59 Å². The number of hydrogen-bond acceptors (Lipinski definition) is 5. The average Bonchev–Trinajstić information content (AvgIpc) is 2.61. The molecular formula is C21H29NO6. The molecule has 0 radical (unpaired) electrons. The molecule has 1 rings (SSSR count). The van der Waals surface area contributed by atoms with E-state index in [1.165, 1.54) is 11.0 Å². The van der Waals surface area contributed by atoms with E-state index in [1.54, 1.807) is 20.8 Å². The van der Waals surface area contributed by atoms with Crippen molar-refractivity contribution >= 4 is 18.0 Å². The molecule has 0 saturated carbocycles. The summed E-state index contributed by atoms with van der Waals surface area (Å²) in [5.41, 5.74) is 0.212. The zero-order valence-corrected chi connectivity index (χ0v) is 16.7. The fourth-order valence-electron chi connectivity index (χ4n) is 2.49. The zero-order valence-electron chi connectivity index (χ0n) is 16.7. The van der Waals surface area contributed by atoms with Crippen molar-refractivity contribution in [1.82, 2.24) is 4.90 Å². The van der Waals surface area contributed by atoms with Gasteiger partial charge in [-0.05, 0) is 32.8 Å². The number of carbonyl (C=O) groups excluding carboxylic acids is 2. The summed E-state index contributed by atoms with van der Waals surface area (Å²) < 4.78 is 10.3. The Balaban J connectivity index is 2.83. The summed E-state index contributed by atoms with van der Waals surface area (Å²) in [5.74, 6) is -2.33. The van der Waals surface area contributed by atoms with E-state index in [4.69, 9.17) is 9.47 Å². The van der Waals surface area contributed by atoms with Crippen molar-refractivity contribution in [3.05, 3.63) is 48.6 Å². The van der Waals surface area contributed by atoms with Crippen molar-refractivity contribution < 1.29 is 29.0 Å². The lowest BCUT2D eigenvalue weighted by molar-refractivity contribution is -0.155. The maximum Gasteiger partial charge on any atom is 0.410 e. The third-order valence-electron chi connectivity index (χ3n) is 3.70. The molecule has 1 N–H and O–H groups in total. The van der Waals surface area contributed by atoms with Crippen LogP contribution in [0.3, 0.4) is 0 Å². The van der Waals surface area contributed by atoms with Crippen molar-refractivity contribution in [3.8, 4) is 0 Å². The second-order valence-corrected chi connectivity index (χ2v) is 7.37. The third kappa shape index (κ3) is 9.21. The van der Waals surface area contributed by atoms with E-state index in [2.05, 4.69) is 6.58 Å². The monoisotopic (exact) mass is 391 g/mol. The Hall–Kier alpha value is -2.83. The van der Waals surface area contributed by atoms with Crippen LogP contribution in [-0.2, 0) is 25.5 Å². The number of amides is 1. The maximum atomic E-state index is 12.3. The summed E-state index contributed by atoms with van der Waals surface area (Å²) in [6, 6.07) is 9.16. The molecule has 0 aromatic heterocycles.